The van der Waals surface area contributed by atoms with Gasteiger partial charge in [0.2, 0.25) is 0 Å². The van der Waals surface area contributed by atoms with Gasteiger partial charge in [0.15, 0.2) is 0 Å². The van der Waals surface area contributed by atoms with E-state index in [1.54, 1.807) is 18.2 Å². The molecule has 0 fully saturated rings. The highest BCUT2D eigenvalue weighted by atomic mass is 16.2. The number of pyridine rings is 1. The average molecular weight is 390 g/mol. The minimum absolute atomic E-state index is 0.243. The molecule has 0 aliphatic rings. The molecular formula is C23H26N4O2. The molecule has 0 saturated heterocycles. The summed E-state index contributed by atoms with van der Waals surface area (Å²) in [7, 11) is 0. The number of nitrogens with one attached hydrogen (secondary N) is 2. The predicted molar refractivity (Wildman–Crippen MR) is 114 cm³/mol. The minimum Gasteiger partial charge on any atom is -0.297 e. The summed E-state index contributed by atoms with van der Waals surface area (Å²) in [5.74, 6) is -0.835. The Bertz CT molecular complexity index is 999. The van der Waals surface area contributed by atoms with Crippen molar-refractivity contribution in [2.45, 2.75) is 33.4 Å². The topological polar surface area (TPSA) is 74.3 Å². The van der Waals surface area contributed by atoms with E-state index in [1.807, 2.05) is 42.5 Å². The Kier molecular flexibility index (Phi) is 6.57. The first-order valence-electron chi connectivity index (χ1n) is 9.77. The van der Waals surface area contributed by atoms with E-state index in [4.69, 9.17) is 0 Å². The molecule has 3 aromatic rings. The lowest BCUT2D eigenvalue weighted by Crippen LogP contribution is -2.41. The second kappa shape index (κ2) is 9.30. The summed E-state index contributed by atoms with van der Waals surface area (Å²) in [6, 6.07) is 18.9. The first-order chi connectivity index (χ1) is 14.0. The highest BCUT2D eigenvalue weighted by Gasteiger charge is 2.12. The Balaban J connectivity index is 1.58. The van der Waals surface area contributed by atoms with Crippen molar-refractivity contribution in [3.8, 4) is 0 Å². The van der Waals surface area contributed by atoms with Crippen molar-refractivity contribution < 1.29 is 9.59 Å². The number of fused-ring (bicyclic) bond motifs is 1. The van der Waals surface area contributed by atoms with Crippen LogP contribution in [0.3, 0.4) is 0 Å². The van der Waals surface area contributed by atoms with Crippen LogP contribution in [0.4, 0.5) is 0 Å². The van der Waals surface area contributed by atoms with Crippen molar-refractivity contribution in [1.82, 2.24) is 20.7 Å². The number of rotatable bonds is 6. The number of aromatic nitrogens is 1. The Morgan fingerprint density at radius 1 is 0.931 bits per heavy atom. The SMILES string of the molecule is CCN(Cc1ccc(C(=O)NNC(=O)c2ccc3ccccc3n2)cc1)C(C)C. The lowest BCUT2D eigenvalue weighted by molar-refractivity contribution is 0.0844. The zero-order valence-corrected chi connectivity index (χ0v) is 17.0. The molecule has 150 valence electrons. The normalized spacial score (nSPS) is 11.1. The number of hydrogen-bond acceptors (Lipinski definition) is 4. The lowest BCUT2D eigenvalue weighted by Gasteiger charge is -2.24. The van der Waals surface area contributed by atoms with Crippen LogP contribution in [0.25, 0.3) is 10.9 Å². The summed E-state index contributed by atoms with van der Waals surface area (Å²) >= 11 is 0. The van der Waals surface area contributed by atoms with Gasteiger partial charge in [-0.05, 0) is 50.2 Å². The predicted octanol–water partition coefficient (Wildman–Crippen LogP) is 3.54. The quantitative estimate of drug-likeness (QED) is 0.632. The first kappa shape index (κ1) is 20.5. The van der Waals surface area contributed by atoms with E-state index < -0.39 is 5.91 Å². The Morgan fingerprint density at radius 2 is 1.62 bits per heavy atom. The van der Waals surface area contributed by atoms with E-state index in [1.165, 1.54) is 0 Å². The molecule has 1 aromatic heterocycles. The zero-order valence-electron chi connectivity index (χ0n) is 17.0. The average Bonchev–Trinajstić information content (AvgIpc) is 2.75. The van der Waals surface area contributed by atoms with Gasteiger partial charge in [-0.3, -0.25) is 25.3 Å². The van der Waals surface area contributed by atoms with E-state index in [0.29, 0.717) is 11.6 Å². The van der Waals surface area contributed by atoms with E-state index in [0.717, 1.165) is 29.6 Å². The van der Waals surface area contributed by atoms with Crippen molar-refractivity contribution in [1.29, 1.82) is 0 Å². The van der Waals surface area contributed by atoms with Gasteiger partial charge in [0.05, 0.1) is 5.52 Å². The van der Waals surface area contributed by atoms with Crippen LogP contribution in [0.1, 0.15) is 47.2 Å². The third-order valence-electron chi connectivity index (χ3n) is 4.86. The van der Waals surface area contributed by atoms with E-state index in [2.05, 4.69) is 41.5 Å². The summed E-state index contributed by atoms with van der Waals surface area (Å²) in [6.07, 6.45) is 0. The molecule has 2 N–H and O–H groups in total. The zero-order chi connectivity index (χ0) is 20.8. The van der Waals surface area contributed by atoms with Crippen LogP contribution < -0.4 is 10.9 Å². The van der Waals surface area contributed by atoms with Crippen molar-refractivity contribution >= 4 is 22.7 Å². The van der Waals surface area contributed by atoms with Crippen LogP contribution in [-0.2, 0) is 6.54 Å². The second-order valence-electron chi connectivity index (χ2n) is 7.15. The maximum Gasteiger partial charge on any atom is 0.288 e. The first-order valence-corrected chi connectivity index (χ1v) is 9.77. The van der Waals surface area contributed by atoms with E-state index in [9.17, 15) is 9.59 Å². The van der Waals surface area contributed by atoms with Crippen LogP contribution in [0, 0.1) is 0 Å². The highest BCUT2D eigenvalue weighted by Crippen LogP contribution is 2.12. The highest BCUT2D eigenvalue weighted by molar-refractivity contribution is 5.99. The number of carbonyl (C=O) groups is 2. The van der Waals surface area contributed by atoms with Gasteiger partial charge in [-0.1, -0.05) is 43.3 Å². The number of amides is 2. The molecule has 6 heteroatoms. The van der Waals surface area contributed by atoms with Crippen molar-refractivity contribution in [2.75, 3.05) is 6.54 Å². The number of hydrazine groups is 1. The third-order valence-corrected chi connectivity index (χ3v) is 4.86. The van der Waals surface area contributed by atoms with E-state index >= 15 is 0 Å². The molecule has 0 atom stereocenters. The number of para-hydroxylation sites is 1. The fourth-order valence-corrected chi connectivity index (χ4v) is 3.10. The summed E-state index contributed by atoms with van der Waals surface area (Å²) in [5, 5.41) is 0.951. The Labute approximate surface area is 170 Å². The molecule has 0 unspecified atom stereocenters. The minimum atomic E-state index is -0.462. The van der Waals surface area contributed by atoms with Gasteiger partial charge >= 0.3 is 0 Å². The monoisotopic (exact) mass is 390 g/mol. The van der Waals surface area contributed by atoms with Crippen molar-refractivity contribution in [3.63, 3.8) is 0 Å². The molecule has 0 bridgehead atoms. The maximum atomic E-state index is 12.3. The Hall–Kier alpha value is -3.25. The molecule has 2 amide bonds. The molecule has 3 rings (SSSR count). The molecule has 0 spiro atoms. The fourth-order valence-electron chi connectivity index (χ4n) is 3.10. The molecule has 0 radical (unpaired) electrons. The van der Waals surface area contributed by atoms with E-state index in [-0.39, 0.29) is 11.6 Å². The fraction of sp³-hybridized carbons (Fsp3) is 0.261. The summed E-state index contributed by atoms with van der Waals surface area (Å²) in [6.45, 7) is 8.26. The van der Waals surface area contributed by atoms with Crippen LogP contribution in [0.5, 0.6) is 0 Å². The largest absolute Gasteiger partial charge is 0.297 e. The molecule has 29 heavy (non-hydrogen) atoms. The van der Waals surface area contributed by atoms with Crippen LogP contribution in [0.2, 0.25) is 0 Å². The Morgan fingerprint density at radius 3 is 2.31 bits per heavy atom. The van der Waals surface area contributed by atoms with Gasteiger partial charge < -0.3 is 0 Å². The summed E-state index contributed by atoms with van der Waals surface area (Å²) < 4.78 is 0. The van der Waals surface area contributed by atoms with Gasteiger partial charge in [0, 0.05) is 23.5 Å². The lowest BCUT2D eigenvalue weighted by atomic mass is 10.1. The number of nitrogens with zero attached hydrogens (tertiary/aromatic N) is 2. The van der Waals surface area contributed by atoms with Gasteiger partial charge in [0.25, 0.3) is 11.8 Å². The smallest absolute Gasteiger partial charge is 0.288 e. The third kappa shape index (κ3) is 5.18. The van der Waals surface area contributed by atoms with Crippen LogP contribution in [-0.4, -0.2) is 34.3 Å². The standard InChI is InChI=1S/C23H26N4O2/c1-4-27(16(2)3)15-17-9-11-19(12-10-17)22(28)25-26-23(29)21-14-13-18-7-5-6-8-20(18)24-21/h5-14,16H,4,15H2,1-3H3,(H,25,28)(H,26,29). The van der Waals surface area contributed by atoms with Gasteiger partial charge in [-0.2, -0.15) is 0 Å². The molecule has 0 saturated carbocycles. The summed E-state index contributed by atoms with van der Waals surface area (Å²) in [5.41, 5.74) is 7.46. The summed E-state index contributed by atoms with van der Waals surface area (Å²) in [4.78, 5) is 31.3. The van der Waals surface area contributed by atoms with Gasteiger partial charge in [0.1, 0.15) is 5.69 Å². The molecule has 6 nitrogen and oxygen atoms in total. The number of benzene rings is 2. The number of carbonyl (C=O) groups excluding carboxylic acids is 2. The molecule has 1 heterocycles. The molecule has 0 aliphatic heterocycles. The number of hydrogen-bond donors (Lipinski definition) is 2. The van der Waals surface area contributed by atoms with Gasteiger partial charge in [-0.15, -0.1) is 0 Å². The van der Waals surface area contributed by atoms with Crippen LogP contribution in [0.15, 0.2) is 60.7 Å². The van der Waals surface area contributed by atoms with Crippen molar-refractivity contribution in [2.24, 2.45) is 0 Å². The molecule has 0 aliphatic carbocycles. The molecular weight excluding hydrogens is 364 g/mol. The van der Waals surface area contributed by atoms with Crippen molar-refractivity contribution in [3.05, 3.63) is 77.5 Å². The molecule has 2 aromatic carbocycles. The maximum absolute atomic E-state index is 12.3. The van der Waals surface area contributed by atoms with Gasteiger partial charge in [-0.25, -0.2) is 4.98 Å². The second-order valence-corrected chi connectivity index (χ2v) is 7.15. The van der Waals surface area contributed by atoms with Crippen LogP contribution >= 0.6 is 0 Å².